The lowest BCUT2D eigenvalue weighted by Gasteiger charge is -2.12. The molecular formula is C8H3F5N2O4. The highest BCUT2D eigenvalue weighted by Crippen LogP contribution is 2.38. The van der Waals surface area contributed by atoms with Crippen molar-refractivity contribution >= 4 is 11.7 Å². The maximum atomic E-state index is 12.4. The Bertz CT molecular complexity index is 543. The van der Waals surface area contributed by atoms with Crippen molar-refractivity contribution in [2.75, 3.05) is 0 Å². The van der Waals surface area contributed by atoms with E-state index in [1.54, 1.807) is 0 Å². The van der Waals surface area contributed by atoms with Crippen LogP contribution in [0.2, 0.25) is 0 Å². The second-order valence-electron chi connectivity index (χ2n) is 3.15. The van der Waals surface area contributed by atoms with E-state index in [1.165, 1.54) is 0 Å². The maximum absolute atomic E-state index is 12.4. The highest BCUT2D eigenvalue weighted by atomic mass is 19.4. The molecule has 0 bridgehead atoms. The smallest absolute Gasteiger partial charge is 0.418 e. The van der Waals surface area contributed by atoms with Gasteiger partial charge in [0.2, 0.25) is 5.69 Å². The fraction of sp³-hybridized carbons (Fsp3) is 0.250. The van der Waals surface area contributed by atoms with Crippen molar-refractivity contribution in [1.29, 1.82) is 0 Å². The third kappa shape index (κ3) is 2.92. The van der Waals surface area contributed by atoms with Gasteiger partial charge < -0.3 is 5.11 Å². The monoisotopic (exact) mass is 286 g/mol. The molecule has 0 aliphatic heterocycles. The molecule has 1 aromatic heterocycles. The number of carbonyl (C=O) groups is 1. The number of rotatable bonds is 3. The van der Waals surface area contributed by atoms with Gasteiger partial charge in [-0.15, -0.1) is 0 Å². The van der Waals surface area contributed by atoms with Crippen LogP contribution in [0.1, 0.15) is 28.2 Å². The number of aromatic carboxylic acids is 1. The molecule has 0 aliphatic carbocycles. The summed E-state index contributed by atoms with van der Waals surface area (Å²) in [4.78, 5) is 22.1. The van der Waals surface area contributed by atoms with Gasteiger partial charge in [0.1, 0.15) is 5.69 Å². The number of aromatic nitrogens is 1. The molecule has 6 nitrogen and oxygen atoms in total. The Morgan fingerprint density at radius 3 is 2.26 bits per heavy atom. The predicted molar refractivity (Wildman–Crippen MR) is 47.8 cm³/mol. The van der Waals surface area contributed by atoms with E-state index in [-0.39, 0.29) is 6.07 Å². The summed E-state index contributed by atoms with van der Waals surface area (Å²) in [5.41, 5.74) is -6.90. The minimum absolute atomic E-state index is 0.266. The molecule has 0 spiro atoms. The third-order valence-corrected chi connectivity index (χ3v) is 1.94. The predicted octanol–water partition coefficient (Wildman–Crippen LogP) is 2.64. The van der Waals surface area contributed by atoms with E-state index in [9.17, 15) is 36.9 Å². The van der Waals surface area contributed by atoms with E-state index in [0.29, 0.717) is 0 Å². The summed E-state index contributed by atoms with van der Waals surface area (Å²) in [6.07, 6.45) is -9.05. The Morgan fingerprint density at radius 1 is 1.42 bits per heavy atom. The van der Waals surface area contributed by atoms with E-state index >= 15 is 0 Å². The molecule has 19 heavy (non-hydrogen) atoms. The van der Waals surface area contributed by atoms with E-state index in [2.05, 4.69) is 4.98 Å². The number of nitrogens with zero attached hydrogens (tertiary/aromatic N) is 2. The minimum atomic E-state index is -5.32. The van der Waals surface area contributed by atoms with Crippen LogP contribution in [0, 0.1) is 10.1 Å². The van der Waals surface area contributed by atoms with Gasteiger partial charge in [0.05, 0.1) is 10.5 Å². The molecule has 0 atom stereocenters. The Labute approximate surface area is 100 Å². The fourth-order valence-electron chi connectivity index (χ4n) is 1.21. The third-order valence-electron chi connectivity index (χ3n) is 1.94. The number of hydrogen-bond acceptors (Lipinski definition) is 4. The maximum Gasteiger partial charge on any atom is 0.418 e. The fourth-order valence-corrected chi connectivity index (χ4v) is 1.21. The molecule has 0 aromatic carbocycles. The summed E-state index contributed by atoms with van der Waals surface area (Å²) < 4.78 is 62.1. The van der Waals surface area contributed by atoms with Crippen molar-refractivity contribution in [3.63, 3.8) is 0 Å². The first-order valence-corrected chi connectivity index (χ1v) is 4.33. The molecule has 1 rings (SSSR count). The second kappa shape index (κ2) is 4.74. The van der Waals surface area contributed by atoms with Crippen LogP contribution in [0.5, 0.6) is 0 Å². The number of carboxylic acids is 1. The second-order valence-corrected chi connectivity index (χ2v) is 3.15. The quantitative estimate of drug-likeness (QED) is 0.523. The van der Waals surface area contributed by atoms with E-state index < -0.39 is 46.1 Å². The van der Waals surface area contributed by atoms with Crippen LogP contribution in [-0.2, 0) is 6.18 Å². The van der Waals surface area contributed by atoms with E-state index in [0.717, 1.165) is 0 Å². The van der Waals surface area contributed by atoms with Gasteiger partial charge in [0, 0.05) is 6.07 Å². The van der Waals surface area contributed by atoms with Crippen LogP contribution in [-0.4, -0.2) is 21.0 Å². The summed E-state index contributed by atoms with van der Waals surface area (Å²) in [6.45, 7) is 0. The van der Waals surface area contributed by atoms with Crippen molar-refractivity contribution in [3.05, 3.63) is 33.1 Å². The zero-order chi connectivity index (χ0) is 15.0. The standard InChI is InChI=1S/C8H3F5N2O4/c9-6(10)4-2(8(11,12)13)1-3(15(18)19)5(14-4)7(16)17/h1,6H,(H,16,17). The number of alkyl halides is 5. The van der Waals surface area contributed by atoms with Gasteiger partial charge in [0.15, 0.2) is 0 Å². The van der Waals surface area contributed by atoms with Crippen molar-refractivity contribution in [2.45, 2.75) is 12.6 Å². The number of halogens is 5. The normalized spacial score (nSPS) is 11.7. The zero-order valence-electron chi connectivity index (χ0n) is 8.61. The molecule has 0 unspecified atom stereocenters. The first-order chi connectivity index (χ1) is 8.55. The Hall–Kier alpha value is -2.33. The lowest BCUT2D eigenvalue weighted by atomic mass is 10.1. The van der Waals surface area contributed by atoms with Crippen molar-refractivity contribution < 1.29 is 36.8 Å². The summed E-state index contributed by atoms with van der Waals surface area (Å²) >= 11 is 0. The van der Waals surface area contributed by atoms with Crippen LogP contribution in [0.3, 0.4) is 0 Å². The molecule has 104 valence electrons. The van der Waals surface area contributed by atoms with Crippen LogP contribution in [0.25, 0.3) is 0 Å². The highest BCUT2D eigenvalue weighted by Gasteiger charge is 2.40. The molecule has 0 aliphatic rings. The number of nitro groups is 1. The van der Waals surface area contributed by atoms with Gasteiger partial charge in [-0.3, -0.25) is 10.1 Å². The molecule has 0 fully saturated rings. The van der Waals surface area contributed by atoms with Crippen LogP contribution in [0.15, 0.2) is 6.07 Å². The number of hydrogen-bond donors (Lipinski definition) is 1. The van der Waals surface area contributed by atoms with Crippen LogP contribution in [0.4, 0.5) is 27.6 Å². The SMILES string of the molecule is O=C(O)c1nc(C(F)F)c(C(F)(F)F)cc1[N+](=O)[O-]. The zero-order valence-corrected chi connectivity index (χ0v) is 8.61. The van der Waals surface area contributed by atoms with Crippen molar-refractivity contribution in [2.24, 2.45) is 0 Å². The first kappa shape index (κ1) is 14.7. The largest absolute Gasteiger partial charge is 0.476 e. The average molecular weight is 286 g/mol. The average Bonchev–Trinajstić information content (AvgIpc) is 2.25. The summed E-state index contributed by atoms with van der Waals surface area (Å²) in [5.74, 6) is -2.08. The highest BCUT2D eigenvalue weighted by molar-refractivity contribution is 5.90. The Kier molecular flexibility index (Phi) is 3.68. The van der Waals surface area contributed by atoms with Gasteiger partial charge in [-0.05, 0) is 0 Å². The topological polar surface area (TPSA) is 93.3 Å². The van der Waals surface area contributed by atoms with Crippen LogP contribution < -0.4 is 0 Å². The molecule has 0 radical (unpaired) electrons. The van der Waals surface area contributed by atoms with Crippen molar-refractivity contribution in [1.82, 2.24) is 4.98 Å². The molecule has 1 N–H and O–H groups in total. The summed E-state index contributed by atoms with van der Waals surface area (Å²) in [5, 5.41) is 19.0. The Morgan fingerprint density at radius 2 is 1.95 bits per heavy atom. The molecular weight excluding hydrogens is 283 g/mol. The van der Waals surface area contributed by atoms with Crippen LogP contribution >= 0.6 is 0 Å². The minimum Gasteiger partial charge on any atom is -0.476 e. The van der Waals surface area contributed by atoms with Gasteiger partial charge in [-0.2, -0.15) is 13.2 Å². The Balaban J connectivity index is 3.70. The van der Waals surface area contributed by atoms with E-state index in [4.69, 9.17) is 5.11 Å². The molecule has 1 heterocycles. The molecule has 0 amide bonds. The molecule has 11 heteroatoms. The molecule has 0 saturated heterocycles. The van der Waals surface area contributed by atoms with Gasteiger partial charge in [0.25, 0.3) is 6.43 Å². The lowest BCUT2D eigenvalue weighted by Crippen LogP contribution is -2.16. The van der Waals surface area contributed by atoms with E-state index in [1.807, 2.05) is 0 Å². The summed E-state index contributed by atoms with van der Waals surface area (Å²) in [6, 6.07) is -0.266. The number of pyridine rings is 1. The molecule has 1 aromatic rings. The van der Waals surface area contributed by atoms with Gasteiger partial charge in [-0.25, -0.2) is 18.6 Å². The molecule has 0 saturated carbocycles. The van der Waals surface area contributed by atoms with Gasteiger partial charge >= 0.3 is 17.8 Å². The van der Waals surface area contributed by atoms with Crippen molar-refractivity contribution in [3.8, 4) is 0 Å². The summed E-state index contributed by atoms with van der Waals surface area (Å²) in [7, 11) is 0. The first-order valence-electron chi connectivity index (χ1n) is 4.33. The number of carboxylic acid groups (broad SMARTS) is 1. The lowest BCUT2D eigenvalue weighted by molar-refractivity contribution is -0.385. The van der Waals surface area contributed by atoms with Gasteiger partial charge in [-0.1, -0.05) is 0 Å².